The number of nitrogens with zero attached hydrogens (tertiary/aromatic N) is 6. The quantitative estimate of drug-likeness (QED) is 0.649. The Balaban J connectivity index is 1.32. The smallest absolute Gasteiger partial charge is 0.329 e. The van der Waals surface area contributed by atoms with Gasteiger partial charge in [-0.3, -0.25) is 20.0 Å². The third-order valence-corrected chi connectivity index (χ3v) is 6.73. The van der Waals surface area contributed by atoms with Crippen LogP contribution in [0.3, 0.4) is 0 Å². The van der Waals surface area contributed by atoms with E-state index in [2.05, 4.69) is 20.2 Å². The van der Waals surface area contributed by atoms with Gasteiger partial charge in [0.05, 0.1) is 17.4 Å². The highest BCUT2D eigenvalue weighted by Gasteiger charge is 2.40. The molecule has 1 atom stereocenters. The Bertz CT molecular complexity index is 1290. The third kappa shape index (κ3) is 3.53. The number of urea groups is 1. The van der Waals surface area contributed by atoms with Gasteiger partial charge in [-0.2, -0.15) is 0 Å². The number of hydrogen-bond acceptors (Lipinski definition) is 6. The summed E-state index contributed by atoms with van der Waals surface area (Å²) in [4.78, 5) is 45.0. The summed E-state index contributed by atoms with van der Waals surface area (Å²) in [5.41, 5.74) is 4.40. The number of hydrogen-bond donors (Lipinski definition) is 1. The summed E-state index contributed by atoms with van der Waals surface area (Å²) in [7, 11) is 0. The lowest BCUT2D eigenvalue weighted by Gasteiger charge is -2.35. The average Bonchev–Trinajstić information content (AvgIpc) is 3.46. The van der Waals surface area contributed by atoms with Gasteiger partial charge in [-0.25, -0.2) is 14.8 Å². The molecule has 1 N–H and O–H groups in total. The SMILES string of the molecule is Cc1cc(-c2ccc3c(n2)N(C(=O)Nc2cc(N4CCCC4=O)ccn2)[C@H]2CCN3C2)ccn1. The van der Waals surface area contributed by atoms with Crippen molar-refractivity contribution in [3.63, 3.8) is 0 Å². The fourth-order valence-corrected chi connectivity index (χ4v) is 5.08. The molecule has 3 aromatic heterocycles. The molecule has 6 heterocycles. The fraction of sp³-hybridized carbons (Fsp3) is 0.320. The lowest BCUT2D eigenvalue weighted by molar-refractivity contribution is -0.117. The number of aryl methyl sites for hydroxylation is 1. The van der Waals surface area contributed by atoms with Crippen LogP contribution in [0.25, 0.3) is 11.3 Å². The van der Waals surface area contributed by atoms with E-state index in [-0.39, 0.29) is 18.0 Å². The lowest BCUT2D eigenvalue weighted by atomic mass is 10.1. The Labute approximate surface area is 197 Å². The first-order valence-corrected chi connectivity index (χ1v) is 11.6. The minimum atomic E-state index is -0.263. The van der Waals surface area contributed by atoms with Crippen molar-refractivity contribution in [3.8, 4) is 11.3 Å². The minimum absolute atomic E-state index is 0.0396. The first-order valence-electron chi connectivity index (χ1n) is 11.6. The Morgan fingerprint density at radius 1 is 1.09 bits per heavy atom. The highest BCUT2D eigenvalue weighted by atomic mass is 16.2. The molecule has 2 saturated heterocycles. The number of amides is 3. The van der Waals surface area contributed by atoms with Gasteiger partial charge in [-0.05, 0) is 50.1 Å². The second kappa shape index (κ2) is 8.09. The number of pyridine rings is 3. The van der Waals surface area contributed by atoms with Crippen LogP contribution in [0.2, 0.25) is 0 Å². The van der Waals surface area contributed by atoms with Crippen LogP contribution in [-0.4, -0.2) is 52.6 Å². The summed E-state index contributed by atoms with van der Waals surface area (Å²) < 4.78 is 0. The number of carbonyl (C=O) groups is 2. The molecule has 172 valence electrons. The van der Waals surface area contributed by atoms with Crippen LogP contribution in [0.1, 0.15) is 25.0 Å². The number of anilines is 4. The van der Waals surface area contributed by atoms with Crippen molar-refractivity contribution in [1.82, 2.24) is 15.0 Å². The monoisotopic (exact) mass is 455 g/mol. The van der Waals surface area contributed by atoms with Crippen LogP contribution in [0.15, 0.2) is 48.8 Å². The normalized spacial score (nSPS) is 18.9. The van der Waals surface area contributed by atoms with Crippen molar-refractivity contribution in [2.24, 2.45) is 0 Å². The van der Waals surface area contributed by atoms with Gasteiger partial charge >= 0.3 is 6.03 Å². The first kappa shape index (κ1) is 20.6. The molecular formula is C25H25N7O2. The van der Waals surface area contributed by atoms with E-state index in [1.165, 1.54) is 0 Å². The van der Waals surface area contributed by atoms with E-state index in [0.29, 0.717) is 24.6 Å². The predicted molar refractivity (Wildman–Crippen MR) is 130 cm³/mol. The van der Waals surface area contributed by atoms with Crippen LogP contribution in [0, 0.1) is 6.92 Å². The van der Waals surface area contributed by atoms with E-state index in [9.17, 15) is 9.59 Å². The molecule has 0 unspecified atom stereocenters. The van der Waals surface area contributed by atoms with Crippen molar-refractivity contribution in [2.75, 3.05) is 39.7 Å². The van der Waals surface area contributed by atoms with Gasteiger partial charge in [-0.15, -0.1) is 0 Å². The summed E-state index contributed by atoms with van der Waals surface area (Å²) in [6, 6.07) is 11.3. The molecule has 3 aromatic rings. The van der Waals surface area contributed by atoms with Crippen molar-refractivity contribution >= 4 is 34.9 Å². The van der Waals surface area contributed by atoms with Gasteiger partial charge in [0.15, 0.2) is 5.82 Å². The van der Waals surface area contributed by atoms with Crippen molar-refractivity contribution in [1.29, 1.82) is 0 Å². The number of carbonyl (C=O) groups excluding carboxylic acids is 2. The lowest BCUT2D eigenvalue weighted by Crippen LogP contribution is -2.48. The standard InChI is InChI=1S/C25H25N7O2/c1-16-13-17(6-9-26-16)20-4-5-21-24(28-20)32(19-8-12-30(21)15-19)25(34)29-22-14-18(7-10-27-22)31-11-2-3-23(31)33/h4-7,9-10,13-14,19H,2-3,8,11-12,15H2,1H3,(H,27,29,34)/t19-/m0/s1. The molecule has 3 aliphatic rings. The summed E-state index contributed by atoms with van der Waals surface area (Å²) >= 11 is 0. The van der Waals surface area contributed by atoms with Gasteiger partial charge in [0.1, 0.15) is 5.82 Å². The third-order valence-electron chi connectivity index (χ3n) is 6.73. The summed E-state index contributed by atoms with van der Waals surface area (Å²) in [6.45, 7) is 4.31. The zero-order valence-electron chi connectivity index (χ0n) is 18.9. The van der Waals surface area contributed by atoms with Gasteiger partial charge < -0.3 is 9.80 Å². The van der Waals surface area contributed by atoms with Gasteiger partial charge in [-0.1, -0.05) is 0 Å². The Hall–Kier alpha value is -4.01. The number of rotatable bonds is 3. The van der Waals surface area contributed by atoms with Gasteiger partial charge in [0, 0.05) is 61.5 Å². The molecule has 9 heteroatoms. The molecule has 9 nitrogen and oxygen atoms in total. The summed E-state index contributed by atoms with van der Waals surface area (Å²) in [6.07, 6.45) is 5.67. The molecule has 6 rings (SSSR count). The van der Waals surface area contributed by atoms with Crippen molar-refractivity contribution in [3.05, 3.63) is 54.5 Å². The molecule has 0 radical (unpaired) electrons. The van der Waals surface area contributed by atoms with E-state index in [4.69, 9.17) is 4.98 Å². The van der Waals surface area contributed by atoms with E-state index >= 15 is 0 Å². The Morgan fingerprint density at radius 2 is 1.97 bits per heavy atom. The Kier molecular flexibility index (Phi) is 4.90. The highest BCUT2D eigenvalue weighted by molar-refractivity contribution is 6.05. The Morgan fingerprint density at radius 3 is 2.79 bits per heavy atom. The molecule has 3 amide bonds. The second-order valence-corrected chi connectivity index (χ2v) is 8.96. The van der Waals surface area contributed by atoms with Crippen LogP contribution in [0.4, 0.5) is 27.8 Å². The van der Waals surface area contributed by atoms with Crippen LogP contribution >= 0.6 is 0 Å². The first-order chi connectivity index (χ1) is 16.6. The van der Waals surface area contributed by atoms with E-state index < -0.39 is 0 Å². The predicted octanol–water partition coefficient (Wildman–Crippen LogP) is 3.60. The van der Waals surface area contributed by atoms with E-state index in [1.54, 1.807) is 34.3 Å². The maximum Gasteiger partial charge on any atom is 0.329 e. The van der Waals surface area contributed by atoms with Gasteiger partial charge in [0.25, 0.3) is 0 Å². The average molecular weight is 456 g/mol. The molecule has 0 aliphatic carbocycles. The zero-order chi connectivity index (χ0) is 23.2. The molecule has 0 spiro atoms. The van der Waals surface area contributed by atoms with Crippen molar-refractivity contribution in [2.45, 2.75) is 32.2 Å². The molecule has 2 bridgehead atoms. The van der Waals surface area contributed by atoms with Crippen molar-refractivity contribution < 1.29 is 9.59 Å². The molecule has 2 fully saturated rings. The maximum atomic E-state index is 13.5. The van der Waals surface area contributed by atoms with E-state index in [0.717, 1.165) is 54.3 Å². The molecule has 3 aliphatic heterocycles. The highest BCUT2D eigenvalue weighted by Crippen LogP contribution is 2.40. The maximum absolute atomic E-state index is 13.5. The molecule has 0 saturated carbocycles. The summed E-state index contributed by atoms with van der Waals surface area (Å²) in [5, 5.41) is 2.95. The number of aromatic nitrogens is 3. The van der Waals surface area contributed by atoms with Crippen LogP contribution < -0.4 is 20.0 Å². The number of fused-ring (bicyclic) bond motifs is 4. The molecule has 0 aromatic carbocycles. The second-order valence-electron chi connectivity index (χ2n) is 8.96. The minimum Gasteiger partial charge on any atom is -0.366 e. The van der Waals surface area contributed by atoms with Crippen LogP contribution in [0.5, 0.6) is 0 Å². The fourth-order valence-electron chi connectivity index (χ4n) is 5.08. The van der Waals surface area contributed by atoms with E-state index in [1.807, 2.05) is 31.2 Å². The van der Waals surface area contributed by atoms with Gasteiger partial charge in [0.2, 0.25) is 5.91 Å². The molecular weight excluding hydrogens is 430 g/mol. The topological polar surface area (TPSA) is 94.6 Å². The zero-order valence-corrected chi connectivity index (χ0v) is 18.9. The number of nitrogens with one attached hydrogen (secondary N) is 1. The summed E-state index contributed by atoms with van der Waals surface area (Å²) in [5.74, 6) is 1.18. The molecule has 34 heavy (non-hydrogen) atoms. The van der Waals surface area contributed by atoms with Crippen LogP contribution in [-0.2, 0) is 4.79 Å². The largest absolute Gasteiger partial charge is 0.366 e.